The summed E-state index contributed by atoms with van der Waals surface area (Å²) < 4.78 is 13.3. The van der Waals surface area contributed by atoms with Gasteiger partial charge < -0.3 is 9.47 Å². The van der Waals surface area contributed by atoms with E-state index in [2.05, 4.69) is 11.2 Å². The Morgan fingerprint density at radius 3 is 2.90 bits per heavy atom. The van der Waals surface area contributed by atoms with Crippen LogP contribution in [0.4, 0.5) is 0 Å². The number of hydrogen-bond acceptors (Lipinski definition) is 6. The summed E-state index contributed by atoms with van der Waals surface area (Å²) in [5, 5.41) is 8.18. The van der Waals surface area contributed by atoms with Crippen LogP contribution in [-0.2, 0) is 13.0 Å². The van der Waals surface area contributed by atoms with Gasteiger partial charge in [-0.25, -0.2) is 4.68 Å². The Morgan fingerprint density at radius 2 is 1.94 bits per heavy atom. The molecule has 0 saturated heterocycles. The van der Waals surface area contributed by atoms with E-state index in [1.807, 2.05) is 53.9 Å². The van der Waals surface area contributed by atoms with Crippen LogP contribution in [0.2, 0.25) is 0 Å². The van der Waals surface area contributed by atoms with Gasteiger partial charge in [0.2, 0.25) is 6.79 Å². The van der Waals surface area contributed by atoms with E-state index in [-0.39, 0.29) is 12.4 Å². The molecule has 0 saturated carbocycles. The van der Waals surface area contributed by atoms with Gasteiger partial charge in [-0.1, -0.05) is 30.3 Å². The van der Waals surface area contributed by atoms with Crippen molar-refractivity contribution < 1.29 is 9.47 Å². The summed E-state index contributed by atoms with van der Waals surface area (Å²) >= 11 is 1.52. The van der Waals surface area contributed by atoms with Crippen LogP contribution >= 0.6 is 11.3 Å². The lowest BCUT2D eigenvalue weighted by Gasteiger charge is -2.07. The summed E-state index contributed by atoms with van der Waals surface area (Å²) in [6, 6.07) is 17.9. The SMILES string of the molecule is O=c1c2c(-c3ccc4c(c3)OCO4)csc2cnn1CCc1ccc2ccccc2n1. The quantitative estimate of drug-likeness (QED) is 0.418. The van der Waals surface area contributed by atoms with Crippen molar-refractivity contribution in [2.45, 2.75) is 13.0 Å². The summed E-state index contributed by atoms with van der Waals surface area (Å²) in [6.07, 6.45) is 2.40. The number of para-hydroxylation sites is 1. The minimum absolute atomic E-state index is 0.0905. The number of pyridine rings is 1. The Kier molecular flexibility index (Phi) is 4.21. The molecule has 4 heterocycles. The maximum atomic E-state index is 13.3. The molecule has 7 heteroatoms. The summed E-state index contributed by atoms with van der Waals surface area (Å²) in [6.45, 7) is 0.694. The zero-order valence-electron chi connectivity index (χ0n) is 16.4. The van der Waals surface area contributed by atoms with Gasteiger partial charge in [0.15, 0.2) is 11.5 Å². The molecule has 0 radical (unpaired) electrons. The van der Waals surface area contributed by atoms with Crippen LogP contribution in [0.25, 0.3) is 32.1 Å². The number of thiophene rings is 1. The van der Waals surface area contributed by atoms with Gasteiger partial charge in [0.1, 0.15) is 0 Å². The molecule has 152 valence electrons. The van der Waals surface area contributed by atoms with E-state index in [4.69, 9.17) is 14.5 Å². The van der Waals surface area contributed by atoms with Crippen LogP contribution in [0.15, 0.2) is 71.0 Å². The van der Waals surface area contributed by atoms with E-state index >= 15 is 0 Å². The second kappa shape index (κ2) is 7.21. The number of fused-ring (bicyclic) bond motifs is 3. The molecule has 0 unspecified atom stereocenters. The van der Waals surface area contributed by atoms with Gasteiger partial charge in [-0.2, -0.15) is 5.10 Å². The molecule has 6 nitrogen and oxygen atoms in total. The average molecular weight is 427 g/mol. The van der Waals surface area contributed by atoms with Gasteiger partial charge in [-0.3, -0.25) is 9.78 Å². The van der Waals surface area contributed by atoms with Crippen molar-refractivity contribution in [3.63, 3.8) is 0 Å². The Morgan fingerprint density at radius 1 is 1.03 bits per heavy atom. The number of benzene rings is 2. The highest BCUT2D eigenvalue weighted by atomic mass is 32.1. The van der Waals surface area contributed by atoms with Crippen molar-refractivity contribution in [3.05, 3.63) is 82.2 Å². The van der Waals surface area contributed by atoms with Crippen molar-refractivity contribution >= 4 is 32.3 Å². The van der Waals surface area contributed by atoms with Crippen LogP contribution in [-0.4, -0.2) is 21.6 Å². The lowest BCUT2D eigenvalue weighted by atomic mass is 10.1. The number of ether oxygens (including phenoxy) is 2. The molecule has 0 aliphatic carbocycles. The van der Waals surface area contributed by atoms with Crippen molar-refractivity contribution in [2.75, 3.05) is 6.79 Å². The third kappa shape index (κ3) is 3.14. The first-order valence-electron chi connectivity index (χ1n) is 9.98. The van der Waals surface area contributed by atoms with Crippen molar-refractivity contribution in [3.8, 4) is 22.6 Å². The minimum atomic E-state index is -0.0905. The van der Waals surface area contributed by atoms with Gasteiger partial charge in [-0.05, 0) is 29.8 Å². The van der Waals surface area contributed by atoms with Crippen molar-refractivity contribution in [1.82, 2.24) is 14.8 Å². The molecule has 0 amide bonds. The van der Waals surface area contributed by atoms with Gasteiger partial charge in [-0.15, -0.1) is 11.3 Å². The number of rotatable bonds is 4. The zero-order valence-corrected chi connectivity index (χ0v) is 17.3. The Hall–Kier alpha value is -3.71. The largest absolute Gasteiger partial charge is 0.454 e. The zero-order chi connectivity index (χ0) is 20.8. The monoisotopic (exact) mass is 427 g/mol. The highest BCUT2D eigenvalue weighted by Crippen LogP contribution is 2.38. The lowest BCUT2D eigenvalue weighted by molar-refractivity contribution is 0.174. The second-order valence-corrected chi connectivity index (χ2v) is 8.29. The number of aromatic nitrogens is 3. The Balaban J connectivity index is 1.34. The van der Waals surface area contributed by atoms with E-state index in [0.29, 0.717) is 24.1 Å². The normalized spacial score (nSPS) is 12.6. The first-order chi connectivity index (χ1) is 15.3. The molecule has 1 aliphatic rings. The molecule has 3 aromatic heterocycles. The number of nitrogens with zero attached hydrogens (tertiary/aromatic N) is 3. The maximum Gasteiger partial charge on any atom is 0.276 e. The standard InChI is InChI=1S/C24H17N3O3S/c28-24-23-18(16-6-8-20-21(11-16)30-14-29-20)13-31-22(23)12-25-27(24)10-9-17-7-5-15-3-1-2-4-19(15)26-17/h1-8,11-13H,9-10,14H2. The van der Waals surface area contributed by atoms with Gasteiger partial charge in [0.25, 0.3) is 5.56 Å². The summed E-state index contributed by atoms with van der Waals surface area (Å²) in [4.78, 5) is 18.0. The molecule has 2 aromatic carbocycles. The fourth-order valence-corrected chi connectivity index (χ4v) is 4.82. The highest BCUT2D eigenvalue weighted by molar-refractivity contribution is 7.17. The predicted octanol–water partition coefficient (Wildman–Crippen LogP) is 4.64. The molecule has 1 aliphatic heterocycles. The van der Waals surface area contributed by atoms with Crippen LogP contribution < -0.4 is 15.0 Å². The molecule has 0 bridgehead atoms. The van der Waals surface area contributed by atoms with Crippen LogP contribution in [0, 0.1) is 0 Å². The minimum Gasteiger partial charge on any atom is -0.454 e. The molecule has 5 aromatic rings. The van der Waals surface area contributed by atoms with Crippen LogP contribution in [0.1, 0.15) is 5.69 Å². The summed E-state index contributed by atoms with van der Waals surface area (Å²) in [5.41, 5.74) is 3.63. The average Bonchev–Trinajstić information content (AvgIpc) is 3.45. The Bertz CT molecular complexity index is 1510. The van der Waals surface area contributed by atoms with Crippen molar-refractivity contribution in [2.24, 2.45) is 0 Å². The van der Waals surface area contributed by atoms with E-state index in [1.54, 1.807) is 6.20 Å². The van der Waals surface area contributed by atoms with Crippen LogP contribution in [0.3, 0.4) is 0 Å². The predicted molar refractivity (Wildman–Crippen MR) is 121 cm³/mol. The van der Waals surface area contributed by atoms with E-state index in [9.17, 15) is 4.79 Å². The smallest absolute Gasteiger partial charge is 0.276 e. The summed E-state index contributed by atoms with van der Waals surface area (Å²) in [5.74, 6) is 1.43. The molecule has 0 N–H and O–H groups in total. The number of hydrogen-bond donors (Lipinski definition) is 0. The third-order valence-corrected chi connectivity index (χ3v) is 6.42. The first-order valence-corrected chi connectivity index (χ1v) is 10.9. The fraction of sp³-hybridized carbons (Fsp3) is 0.125. The molecule has 31 heavy (non-hydrogen) atoms. The van der Waals surface area contributed by atoms with Crippen molar-refractivity contribution in [1.29, 1.82) is 0 Å². The lowest BCUT2D eigenvalue weighted by Crippen LogP contribution is -2.23. The highest BCUT2D eigenvalue weighted by Gasteiger charge is 2.18. The summed E-state index contributed by atoms with van der Waals surface area (Å²) in [7, 11) is 0. The van der Waals surface area contributed by atoms with E-state index < -0.39 is 0 Å². The van der Waals surface area contributed by atoms with Gasteiger partial charge in [0, 0.05) is 28.4 Å². The Labute approximate surface area is 181 Å². The second-order valence-electron chi connectivity index (χ2n) is 7.37. The van der Waals surface area contributed by atoms with Crippen LogP contribution in [0.5, 0.6) is 11.5 Å². The molecule has 0 fully saturated rings. The first kappa shape index (κ1) is 18.1. The molecule has 6 rings (SSSR count). The molecular formula is C24H17N3O3S. The maximum absolute atomic E-state index is 13.3. The number of aryl methyl sites for hydroxylation is 2. The molecule has 0 spiro atoms. The molecular weight excluding hydrogens is 410 g/mol. The fourth-order valence-electron chi connectivity index (χ4n) is 3.90. The molecule has 0 atom stereocenters. The van der Waals surface area contributed by atoms with E-state index in [0.717, 1.165) is 38.2 Å². The van der Waals surface area contributed by atoms with Gasteiger partial charge >= 0.3 is 0 Å². The van der Waals surface area contributed by atoms with E-state index in [1.165, 1.54) is 16.0 Å². The third-order valence-electron chi connectivity index (χ3n) is 5.50. The van der Waals surface area contributed by atoms with Gasteiger partial charge in [0.05, 0.1) is 28.3 Å². The topological polar surface area (TPSA) is 66.2 Å².